The van der Waals surface area contributed by atoms with Gasteiger partial charge in [-0.15, -0.1) is 5.10 Å². The molecular formula is C26H30N8O2. The van der Waals surface area contributed by atoms with Gasteiger partial charge in [0.05, 0.1) is 29.5 Å². The molecule has 4 aliphatic rings. The van der Waals surface area contributed by atoms with Gasteiger partial charge in [-0.2, -0.15) is 5.10 Å². The topological polar surface area (TPSA) is 126 Å². The lowest BCUT2D eigenvalue weighted by atomic mass is 9.79. The van der Waals surface area contributed by atoms with Crippen LogP contribution in [0.3, 0.4) is 0 Å². The Balaban J connectivity index is 1.31. The zero-order chi connectivity index (χ0) is 24.6. The molecule has 4 heterocycles. The molecule has 4 aromatic rings. The van der Waals surface area contributed by atoms with Crippen LogP contribution in [0.15, 0.2) is 30.5 Å². The van der Waals surface area contributed by atoms with E-state index in [0.29, 0.717) is 29.4 Å². The molecule has 4 N–H and O–H groups in total. The summed E-state index contributed by atoms with van der Waals surface area (Å²) in [5.41, 5.74) is 2.85. The minimum atomic E-state index is -0.522. The number of nitrogens with one attached hydrogen (secondary N) is 3. The maximum atomic E-state index is 11.2. The number of aromatic nitrogens is 6. The van der Waals surface area contributed by atoms with Gasteiger partial charge in [0.15, 0.2) is 5.82 Å². The lowest BCUT2D eigenvalue weighted by Gasteiger charge is -2.32. The molecule has 4 aromatic heterocycles. The fourth-order valence-corrected chi connectivity index (χ4v) is 7.01. The number of ether oxygens (including phenoxy) is 1. The highest BCUT2D eigenvalue weighted by atomic mass is 16.5. The molecule has 0 spiro atoms. The van der Waals surface area contributed by atoms with Crippen LogP contribution in [0.2, 0.25) is 0 Å². The Hall–Kier alpha value is -3.66. The third kappa shape index (κ3) is 3.35. The number of pyridine rings is 2. The summed E-state index contributed by atoms with van der Waals surface area (Å²) in [5.74, 6) is 4.08. The average Bonchev–Trinajstić information content (AvgIpc) is 3.54. The molecule has 10 nitrogen and oxygen atoms in total. The minimum Gasteiger partial charge on any atom is -0.479 e. The second kappa shape index (κ2) is 7.67. The molecule has 4 saturated carbocycles. The molecule has 0 aliphatic heterocycles. The standard InChI is InChI=1S/C26H30N8O2/c1-13-6-22(32-31-13)28-21-9-20-16(4-5-19(27-20)17-12-34(2)33-25(17)36-3)24(29-21)30-23-15-7-14-8-18(23)26(35,10-14)11-15/h4-6,9,12,14-15,18,23,35H,7-8,10-11H2,1-3H3,(H3,28,29,30,31,32). The predicted octanol–water partition coefficient (Wildman–Crippen LogP) is 3.78. The third-order valence-electron chi connectivity index (χ3n) is 8.33. The van der Waals surface area contributed by atoms with Crippen LogP contribution in [0.1, 0.15) is 31.4 Å². The molecule has 186 valence electrons. The maximum Gasteiger partial charge on any atom is 0.242 e. The first-order chi connectivity index (χ1) is 17.4. The summed E-state index contributed by atoms with van der Waals surface area (Å²) in [4.78, 5) is 9.95. The highest BCUT2D eigenvalue weighted by Crippen LogP contribution is 2.61. The van der Waals surface area contributed by atoms with Crippen molar-refractivity contribution in [3.8, 4) is 17.1 Å². The van der Waals surface area contributed by atoms with Crippen molar-refractivity contribution in [3.05, 3.63) is 36.2 Å². The number of rotatable bonds is 6. The van der Waals surface area contributed by atoms with Crippen LogP contribution in [0, 0.1) is 24.7 Å². The smallest absolute Gasteiger partial charge is 0.242 e. The number of aromatic amines is 1. The van der Waals surface area contributed by atoms with E-state index in [0.717, 1.165) is 52.9 Å². The van der Waals surface area contributed by atoms with Crippen LogP contribution < -0.4 is 15.4 Å². The van der Waals surface area contributed by atoms with E-state index in [9.17, 15) is 5.11 Å². The van der Waals surface area contributed by atoms with Gasteiger partial charge >= 0.3 is 0 Å². The Labute approximate surface area is 208 Å². The SMILES string of the molecule is COc1nn(C)cc1-c1ccc2c(NC3C4CC5CC3C(O)(C5)C4)nc(Nc3cc(C)[nH]n3)cc2n1. The lowest BCUT2D eigenvalue weighted by Crippen LogP contribution is -2.37. The molecule has 5 unspecified atom stereocenters. The van der Waals surface area contributed by atoms with Gasteiger partial charge in [0.2, 0.25) is 5.88 Å². The Bertz CT molecular complexity index is 1480. The number of H-pyrrole nitrogens is 1. The van der Waals surface area contributed by atoms with E-state index < -0.39 is 5.60 Å². The van der Waals surface area contributed by atoms with Crippen molar-refractivity contribution in [2.24, 2.45) is 24.8 Å². The second-order valence-corrected chi connectivity index (χ2v) is 10.8. The monoisotopic (exact) mass is 486 g/mol. The summed E-state index contributed by atoms with van der Waals surface area (Å²) < 4.78 is 7.19. The summed E-state index contributed by atoms with van der Waals surface area (Å²) >= 11 is 0. The number of nitrogens with zero attached hydrogens (tertiary/aromatic N) is 5. The van der Waals surface area contributed by atoms with Gasteiger partial charge in [-0.3, -0.25) is 9.78 Å². The molecule has 10 heteroatoms. The molecule has 0 saturated heterocycles. The van der Waals surface area contributed by atoms with E-state index in [2.05, 4.69) is 32.0 Å². The summed E-state index contributed by atoms with van der Waals surface area (Å²) in [6, 6.07) is 8.13. The van der Waals surface area contributed by atoms with Crippen LogP contribution in [-0.2, 0) is 7.05 Å². The summed E-state index contributed by atoms with van der Waals surface area (Å²) in [7, 11) is 3.48. The zero-order valence-corrected chi connectivity index (χ0v) is 20.6. The molecule has 8 rings (SSSR count). The average molecular weight is 487 g/mol. The summed E-state index contributed by atoms with van der Waals surface area (Å²) in [5, 5.41) is 30.9. The van der Waals surface area contributed by atoms with Gasteiger partial charge in [0, 0.05) is 48.4 Å². The highest BCUT2D eigenvalue weighted by molar-refractivity contribution is 5.93. The van der Waals surface area contributed by atoms with Gasteiger partial charge in [-0.25, -0.2) is 9.97 Å². The quantitative estimate of drug-likeness (QED) is 0.324. The van der Waals surface area contributed by atoms with Crippen LogP contribution in [-0.4, -0.2) is 53.8 Å². The van der Waals surface area contributed by atoms with Crippen LogP contribution in [0.25, 0.3) is 22.2 Å². The largest absolute Gasteiger partial charge is 0.479 e. The van der Waals surface area contributed by atoms with Crippen LogP contribution in [0.4, 0.5) is 17.5 Å². The number of methoxy groups -OCH3 is 1. The van der Waals surface area contributed by atoms with Crippen molar-refractivity contribution in [2.45, 2.75) is 44.2 Å². The normalized spacial score (nSPS) is 28.2. The number of aliphatic hydroxyl groups is 1. The first-order valence-corrected chi connectivity index (χ1v) is 12.6. The number of hydrogen-bond acceptors (Lipinski definition) is 8. The predicted molar refractivity (Wildman–Crippen MR) is 136 cm³/mol. The van der Waals surface area contributed by atoms with E-state index in [1.54, 1.807) is 11.8 Å². The molecule has 4 aliphatic carbocycles. The molecule has 5 atom stereocenters. The molecule has 36 heavy (non-hydrogen) atoms. The van der Waals surface area contributed by atoms with Crippen molar-refractivity contribution in [1.29, 1.82) is 0 Å². The third-order valence-corrected chi connectivity index (χ3v) is 8.33. The van der Waals surface area contributed by atoms with E-state index in [1.165, 1.54) is 6.42 Å². The van der Waals surface area contributed by atoms with Crippen molar-refractivity contribution < 1.29 is 9.84 Å². The zero-order valence-electron chi connectivity index (χ0n) is 20.6. The summed E-state index contributed by atoms with van der Waals surface area (Å²) in [6.45, 7) is 1.96. The number of anilines is 3. The van der Waals surface area contributed by atoms with Crippen molar-refractivity contribution in [1.82, 2.24) is 29.9 Å². The second-order valence-electron chi connectivity index (χ2n) is 10.8. The minimum absolute atomic E-state index is 0.213. The number of hydrogen-bond donors (Lipinski definition) is 4. The van der Waals surface area contributed by atoms with Crippen molar-refractivity contribution >= 4 is 28.4 Å². The van der Waals surface area contributed by atoms with Crippen LogP contribution >= 0.6 is 0 Å². The van der Waals surface area contributed by atoms with E-state index in [1.807, 2.05) is 38.4 Å². The van der Waals surface area contributed by atoms with Crippen molar-refractivity contribution in [3.63, 3.8) is 0 Å². The fourth-order valence-electron chi connectivity index (χ4n) is 7.01. The Morgan fingerprint density at radius 1 is 1.17 bits per heavy atom. The maximum absolute atomic E-state index is 11.2. The molecule has 0 aromatic carbocycles. The van der Waals surface area contributed by atoms with Gasteiger partial charge in [0.1, 0.15) is 11.6 Å². The number of aryl methyl sites for hydroxylation is 2. The van der Waals surface area contributed by atoms with Gasteiger partial charge in [0.25, 0.3) is 0 Å². The lowest BCUT2D eigenvalue weighted by molar-refractivity contribution is 0.00989. The van der Waals surface area contributed by atoms with Gasteiger partial charge in [-0.1, -0.05) is 0 Å². The molecule has 4 fully saturated rings. The van der Waals surface area contributed by atoms with Crippen LogP contribution in [0.5, 0.6) is 5.88 Å². The van der Waals surface area contributed by atoms with E-state index >= 15 is 0 Å². The van der Waals surface area contributed by atoms with Crippen molar-refractivity contribution in [2.75, 3.05) is 17.7 Å². The first kappa shape index (κ1) is 21.6. The fraction of sp³-hybridized carbons (Fsp3) is 0.462. The van der Waals surface area contributed by atoms with Gasteiger partial charge < -0.3 is 20.5 Å². The van der Waals surface area contributed by atoms with Gasteiger partial charge in [-0.05, 0) is 56.6 Å². The first-order valence-electron chi connectivity index (χ1n) is 12.6. The molecule has 0 amide bonds. The Morgan fingerprint density at radius 3 is 2.83 bits per heavy atom. The van der Waals surface area contributed by atoms with E-state index in [4.69, 9.17) is 14.7 Å². The van der Waals surface area contributed by atoms with E-state index in [-0.39, 0.29) is 12.0 Å². The Kier molecular flexibility index (Phi) is 4.60. The molecule has 0 radical (unpaired) electrons. The summed E-state index contributed by atoms with van der Waals surface area (Å²) in [6.07, 6.45) is 6.01. The molecule has 4 bridgehead atoms. The number of fused-ring (bicyclic) bond motifs is 1. The molecular weight excluding hydrogens is 456 g/mol. The highest BCUT2D eigenvalue weighted by Gasteiger charge is 2.62. The Morgan fingerprint density at radius 2 is 2.06 bits per heavy atom.